The number of carbonyl (C=O) groups excluding carboxylic acids is 2. The fourth-order valence-corrected chi connectivity index (χ4v) is 4.91. The van der Waals surface area contributed by atoms with Crippen molar-refractivity contribution < 1.29 is 18.0 Å². The Morgan fingerprint density at radius 3 is 2.33 bits per heavy atom. The zero-order valence-electron chi connectivity index (χ0n) is 18.5. The van der Waals surface area contributed by atoms with Crippen LogP contribution in [0.25, 0.3) is 0 Å². The Labute approximate surface area is 213 Å². The van der Waals surface area contributed by atoms with Gasteiger partial charge < -0.3 is 10.2 Å². The average molecular weight is 579 g/mol. The topological polar surface area (TPSA) is 86.8 Å². The van der Waals surface area contributed by atoms with Crippen LogP contribution in [-0.4, -0.2) is 51.0 Å². The molecule has 0 saturated carbocycles. The van der Waals surface area contributed by atoms with Crippen molar-refractivity contribution in [3.63, 3.8) is 0 Å². The summed E-state index contributed by atoms with van der Waals surface area (Å²) in [6, 6.07) is 11.3. The van der Waals surface area contributed by atoms with Crippen molar-refractivity contribution in [3.05, 3.63) is 62.5 Å². The minimum atomic E-state index is -3.66. The lowest BCUT2D eigenvalue weighted by molar-refractivity contribution is -0.140. The SMILES string of the molecule is CNC(=O)[C@H](C)N(Cc1ccc(Br)cc1)C(=O)CCCN(c1cc(Cl)ccc1Cl)S(C)(=O)=O. The summed E-state index contributed by atoms with van der Waals surface area (Å²) in [6.45, 7) is 1.94. The minimum Gasteiger partial charge on any atom is -0.357 e. The van der Waals surface area contributed by atoms with Crippen molar-refractivity contribution in [3.8, 4) is 0 Å². The predicted octanol–water partition coefficient (Wildman–Crippen LogP) is 4.47. The van der Waals surface area contributed by atoms with Gasteiger partial charge in [-0.2, -0.15) is 0 Å². The maximum absolute atomic E-state index is 13.1. The number of anilines is 1. The molecule has 0 bridgehead atoms. The van der Waals surface area contributed by atoms with E-state index in [0.717, 1.165) is 20.6 Å². The number of likely N-dealkylation sites (N-methyl/N-ethyl adjacent to an activating group) is 1. The van der Waals surface area contributed by atoms with E-state index in [-0.39, 0.29) is 48.5 Å². The van der Waals surface area contributed by atoms with Crippen LogP contribution in [0.3, 0.4) is 0 Å². The van der Waals surface area contributed by atoms with E-state index in [0.29, 0.717) is 5.02 Å². The Morgan fingerprint density at radius 1 is 1.12 bits per heavy atom. The van der Waals surface area contributed by atoms with Gasteiger partial charge in [-0.05, 0) is 49.2 Å². The first-order valence-corrected chi connectivity index (χ1v) is 13.5. The quantitative estimate of drug-likeness (QED) is 0.451. The van der Waals surface area contributed by atoms with Gasteiger partial charge in [-0.15, -0.1) is 0 Å². The molecule has 0 heterocycles. The Bertz CT molecular complexity index is 1100. The highest BCUT2D eigenvalue weighted by molar-refractivity contribution is 9.10. The molecule has 7 nitrogen and oxygen atoms in total. The summed E-state index contributed by atoms with van der Waals surface area (Å²) in [5.41, 5.74) is 1.12. The average Bonchev–Trinajstić information content (AvgIpc) is 2.76. The van der Waals surface area contributed by atoms with Crippen LogP contribution in [0.1, 0.15) is 25.3 Å². The van der Waals surface area contributed by atoms with Crippen molar-refractivity contribution in [2.45, 2.75) is 32.4 Å². The van der Waals surface area contributed by atoms with E-state index in [4.69, 9.17) is 23.2 Å². The Kier molecular flexibility index (Phi) is 10.0. The van der Waals surface area contributed by atoms with Crippen LogP contribution in [0.15, 0.2) is 46.9 Å². The number of hydrogen-bond acceptors (Lipinski definition) is 4. The summed E-state index contributed by atoms with van der Waals surface area (Å²) >= 11 is 15.6. The zero-order valence-corrected chi connectivity index (χ0v) is 22.4. The molecule has 0 spiro atoms. The standard InChI is InChI=1S/C22H26BrCl2N3O4S/c1-15(22(30)26-2)27(14-16-6-8-17(23)9-7-16)21(29)5-4-12-28(33(3,31)32)20-13-18(24)10-11-19(20)25/h6-11,13,15H,4-5,12,14H2,1-3H3,(H,26,30)/t15-/m0/s1. The number of nitrogens with zero attached hydrogens (tertiary/aromatic N) is 2. The van der Waals surface area contributed by atoms with Crippen molar-refractivity contribution in [1.29, 1.82) is 0 Å². The van der Waals surface area contributed by atoms with E-state index in [1.54, 1.807) is 13.0 Å². The van der Waals surface area contributed by atoms with Crippen molar-refractivity contribution in [2.75, 3.05) is 24.2 Å². The number of amides is 2. The molecule has 0 aliphatic carbocycles. The van der Waals surface area contributed by atoms with Crippen LogP contribution in [0.5, 0.6) is 0 Å². The molecule has 180 valence electrons. The maximum Gasteiger partial charge on any atom is 0.242 e. The molecule has 1 atom stereocenters. The number of sulfonamides is 1. The fraction of sp³-hybridized carbons (Fsp3) is 0.364. The van der Waals surface area contributed by atoms with Gasteiger partial charge in [0.1, 0.15) is 6.04 Å². The molecule has 0 unspecified atom stereocenters. The first-order chi connectivity index (χ1) is 15.4. The van der Waals surface area contributed by atoms with E-state index in [1.807, 2.05) is 24.3 Å². The van der Waals surface area contributed by atoms with Gasteiger partial charge in [-0.25, -0.2) is 8.42 Å². The van der Waals surface area contributed by atoms with Gasteiger partial charge in [0, 0.05) is 36.1 Å². The number of carbonyl (C=O) groups is 2. The Hall–Kier alpha value is -1.81. The molecule has 0 aromatic heterocycles. The molecule has 2 rings (SSSR count). The summed E-state index contributed by atoms with van der Waals surface area (Å²) in [6.07, 6.45) is 1.34. The molecule has 2 aromatic rings. The van der Waals surface area contributed by atoms with Crippen LogP contribution < -0.4 is 9.62 Å². The zero-order chi connectivity index (χ0) is 24.8. The lowest BCUT2D eigenvalue weighted by Gasteiger charge is -2.29. The molecule has 2 amide bonds. The van der Waals surface area contributed by atoms with Gasteiger partial charge in [-0.3, -0.25) is 13.9 Å². The number of nitrogens with one attached hydrogen (secondary N) is 1. The van der Waals surface area contributed by atoms with E-state index < -0.39 is 16.1 Å². The molecule has 0 saturated heterocycles. The maximum atomic E-state index is 13.1. The van der Waals surface area contributed by atoms with Gasteiger partial charge in [0.15, 0.2) is 0 Å². The summed E-state index contributed by atoms with van der Waals surface area (Å²) in [5, 5.41) is 3.15. The molecule has 2 aromatic carbocycles. The third kappa shape index (κ3) is 7.88. The van der Waals surface area contributed by atoms with Crippen molar-refractivity contribution in [2.24, 2.45) is 0 Å². The van der Waals surface area contributed by atoms with Crippen molar-refractivity contribution >= 4 is 66.7 Å². The normalized spacial score (nSPS) is 12.2. The molecule has 1 N–H and O–H groups in total. The first-order valence-electron chi connectivity index (χ1n) is 10.1. The second-order valence-corrected chi connectivity index (χ2v) is 11.1. The lowest BCUT2D eigenvalue weighted by atomic mass is 10.1. The van der Waals surface area contributed by atoms with Crippen LogP contribution in [0.2, 0.25) is 10.0 Å². The number of benzene rings is 2. The smallest absolute Gasteiger partial charge is 0.242 e. The molecule has 0 aliphatic rings. The van der Waals surface area contributed by atoms with E-state index in [9.17, 15) is 18.0 Å². The lowest BCUT2D eigenvalue weighted by Crippen LogP contribution is -2.46. The van der Waals surface area contributed by atoms with Gasteiger partial charge >= 0.3 is 0 Å². The Morgan fingerprint density at radius 2 is 1.76 bits per heavy atom. The summed E-state index contributed by atoms with van der Waals surface area (Å²) in [5.74, 6) is -0.552. The molecular weight excluding hydrogens is 553 g/mol. The molecule has 0 radical (unpaired) electrons. The second-order valence-electron chi connectivity index (χ2n) is 7.47. The fourth-order valence-electron chi connectivity index (χ4n) is 3.24. The summed E-state index contributed by atoms with van der Waals surface area (Å²) < 4.78 is 26.8. The number of rotatable bonds is 10. The van der Waals surface area contributed by atoms with Crippen LogP contribution in [0, 0.1) is 0 Å². The molecule has 0 fully saturated rings. The highest BCUT2D eigenvalue weighted by atomic mass is 79.9. The van der Waals surface area contributed by atoms with E-state index in [2.05, 4.69) is 21.2 Å². The van der Waals surface area contributed by atoms with Gasteiger partial charge in [0.25, 0.3) is 0 Å². The van der Waals surface area contributed by atoms with Crippen LogP contribution in [0.4, 0.5) is 5.69 Å². The van der Waals surface area contributed by atoms with Crippen molar-refractivity contribution in [1.82, 2.24) is 10.2 Å². The Balaban J connectivity index is 2.17. The van der Waals surface area contributed by atoms with Crippen LogP contribution in [-0.2, 0) is 26.2 Å². The van der Waals surface area contributed by atoms with E-state index in [1.165, 1.54) is 24.1 Å². The minimum absolute atomic E-state index is 0.0329. The second kappa shape index (κ2) is 12.1. The predicted molar refractivity (Wildman–Crippen MR) is 136 cm³/mol. The van der Waals surface area contributed by atoms with Crippen LogP contribution >= 0.6 is 39.1 Å². The van der Waals surface area contributed by atoms with E-state index >= 15 is 0 Å². The highest BCUT2D eigenvalue weighted by Gasteiger charge is 2.26. The number of hydrogen-bond donors (Lipinski definition) is 1. The molecular formula is C22H26BrCl2N3O4S. The number of halogens is 3. The van der Waals surface area contributed by atoms with Gasteiger partial charge in [0.2, 0.25) is 21.8 Å². The highest BCUT2D eigenvalue weighted by Crippen LogP contribution is 2.31. The third-order valence-electron chi connectivity index (χ3n) is 5.01. The largest absolute Gasteiger partial charge is 0.357 e. The van der Waals surface area contributed by atoms with Gasteiger partial charge in [-0.1, -0.05) is 51.3 Å². The summed E-state index contributed by atoms with van der Waals surface area (Å²) in [7, 11) is -2.15. The first kappa shape index (κ1) is 27.4. The summed E-state index contributed by atoms with van der Waals surface area (Å²) in [4.78, 5) is 26.8. The molecule has 0 aliphatic heterocycles. The third-order valence-corrected chi connectivity index (χ3v) is 7.27. The molecule has 11 heteroatoms. The monoisotopic (exact) mass is 577 g/mol. The molecule has 33 heavy (non-hydrogen) atoms. The van der Waals surface area contributed by atoms with Gasteiger partial charge in [0.05, 0.1) is 17.0 Å².